The van der Waals surface area contributed by atoms with Crippen LogP contribution < -0.4 is 5.73 Å². The lowest BCUT2D eigenvalue weighted by Gasteiger charge is -2.06. The molecule has 16 heavy (non-hydrogen) atoms. The molecule has 0 amide bonds. The standard InChI is InChI=1S/C12H8Cl2FN/c13-8-3-1-7(2-4-8)9-5-10(14)12(16)6-11(9)15/h1-6H,16H2. The van der Waals surface area contributed by atoms with Gasteiger partial charge in [-0.2, -0.15) is 0 Å². The third-order valence-electron chi connectivity index (χ3n) is 2.24. The third-order valence-corrected chi connectivity index (χ3v) is 2.82. The Morgan fingerprint density at radius 1 is 1.00 bits per heavy atom. The van der Waals surface area contributed by atoms with E-state index in [0.717, 1.165) is 0 Å². The summed E-state index contributed by atoms with van der Waals surface area (Å²) in [5.41, 5.74) is 6.86. The molecular formula is C12H8Cl2FN. The van der Waals surface area contributed by atoms with Crippen LogP contribution in [0, 0.1) is 5.82 Å². The second kappa shape index (κ2) is 4.32. The minimum atomic E-state index is -0.399. The number of halogens is 3. The maximum atomic E-state index is 13.6. The first-order valence-corrected chi connectivity index (χ1v) is 5.34. The molecule has 0 bridgehead atoms. The van der Waals surface area contributed by atoms with Gasteiger partial charge in [-0.3, -0.25) is 0 Å². The third kappa shape index (κ3) is 2.13. The van der Waals surface area contributed by atoms with Gasteiger partial charge in [0.05, 0.1) is 10.7 Å². The Hall–Kier alpha value is -1.25. The molecule has 0 spiro atoms. The summed E-state index contributed by atoms with van der Waals surface area (Å²) in [6, 6.07) is 9.57. The van der Waals surface area contributed by atoms with Crippen LogP contribution in [0.4, 0.5) is 10.1 Å². The lowest BCUT2D eigenvalue weighted by molar-refractivity contribution is 0.632. The first-order valence-electron chi connectivity index (χ1n) is 4.58. The average Bonchev–Trinajstić information content (AvgIpc) is 2.25. The second-order valence-electron chi connectivity index (χ2n) is 3.36. The number of nitrogens with two attached hydrogens (primary N) is 1. The van der Waals surface area contributed by atoms with Crippen LogP contribution in [-0.4, -0.2) is 0 Å². The predicted molar refractivity (Wildman–Crippen MR) is 66.3 cm³/mol. The van der Waals surface area contributed by atoms with Crippen molar-refractivity contribution in [2.24, 2.45) is 0 Å². The van der Waals surface area contributed by atoms with Gasteiger partial charge in [-0.1, -0.05) is 35.3 Å². The van der Waals surface area contributed by atoms with Gasteiger partial charge in [0.2, 0.25) is 0 Å². The highest BCUT2D eigenvalue weighted by Crippen LogP contribution is 2.30. The lowest BCUT2D eigenvalue weighted by atomic mass is 10.0. The van der Waals surface area contributed by atoms with Crippen molar-refractivity contribution >= 4 is 28.9 Å². The van der Waals surface area contributed by atoms with Crippen molar-refractivity contribution in [2.75, 3.05) is 5.73 Å². The maximum Gasteiger partial charge on any atom is 0.133 e. The van der Waals surface area contributed by atoms with Gasteiger partial charge < -0.3 is 5.73 Å². The fourth-order valence-corrected chi connectivity index (χ4v) is 1.70. The molecule has 0 heterocycles. The topological polar surface area (TPSA) is 26.0 Å². The molecule has 0 atom stereocenters. The quantitative estimate of drug-likeness (QED) is 0.752. The fraction of sp³-hybridized carbons (Fsp3) is 0. The number of benzene rings is 2. The number of nitrogen functional groups attached to an aromatic ring is 1. The summed E-state index contributed by atoms with van der Waals surface area (Å²) in [4.78, 5) is 0. The van der Waals surface area contributed by atoms with Gasteiger partial charge in [-0.25, -0.2) is 4.39 Å². The van der Waals surface area contributed by atoms with E-state index in [1.165, 1.54) is 12.1 Å². The SMILES string of the molecule is Nc1cc(F)c(-c2ccc(Cl)cc2)cc1Cl. The summed E-state index contributed by atoms with van der Waals surface area (Å²) in [7, 11) is 0. The van der Waals surface area contributed by atoms with Crippen LogP contribution >= 0.6 is 23.2 Å². The number of anilines is 1. The van der Waals surface area contributed by atoms with Gasteiger partial charge in [-0.05, 0) is 29.8 Å². The van der Waals surface area contributed by atoms with Gasteiger partial charge in [0.25, 0.3) is 0 Å². The zero-order chi connectivity index (χ0) is 11.7. The Labute approximate surface area is 103 Å². The summed E-state index contributed by atoms with van der Waals surface area (Å²) in [5.74, 6) is -0.399. The summed E-state index contributed by atoms with van der Waals surface area (Å²) < 4.78 is 13.6. The summed E-state index contributed by atoms with van der Waals surface area (Å²) in [6.45, 7) is 0. The van der Waals surface area contributed by atoms with E-state index in [2.05, 4.69) is 0 Å². The molecule has 2 N–H and O–H groups in total. The van der Waals surface area contributed by atoms with E-state index in [1.807, 2.05) is 0 Å². The van der Waals surface area contributed by atoms with Crippen molar-refractivity contribution in [3.8, 4) is 11.1 Å². The van der Waals surface area contributed by atoms with E-state index < -0.39 is 5.82 Å². The highest BCUT2D eigenvalue weighted by atomic mass is 35.5. The molecule has 0 fully saturated rings. The Morgan fingerprint density at radius 3 is 2.25 bits per heavy atom. The van der Waals surface area contributed by atoms with Gasteiger partial charge >= 0.3 is 0 Å². The minimum Gasteiger partial charge on any atom is -0.397 e. The Bertz CT molecular complexity index is 523. The Kier molecular flexibility index (Phi) is 3.03. The average molecular weight is 256 g/mol. The van der Waals surface area contributed by atoms with E-state index in [4.69, 9.17) is 28.9 Å². The zero-order valence-corrected chi connectivity index (χ0v) is 9.69. The Balaban J connectivity index is 2.56. The van der Waals surface area contributed by atoms with Crippen LogP contribution in [0.15, 0.2) is 36.4 Å². The van der Waals surface area contributed by atoms with Crippen molar-refractivity contribution in [2.45, 2.75) is 0 Å². The van der Waals surface area contributed by atoms with E-state index in [9.17, 15) is 4.39 Å². The van der Waals surface area contributed by atoms with Crippen LogP contribution in [0.5, 0.6) is 0 Å². The van der Waals surface area contributed by atoms with Gasteiger partial charge in [0.15, 0.2) is 0 Å². The van der Waals surface area contributed by atoms with Crippen LogP contribution in [-0.2, 0) is 0 Å². The first-order chi connectivity index (χ1) is 7.58. The summed E-state index contributed by atoms with van der Waals surface area (Å²) >= 11 is 11.6. The molecule has 4 heteroatoms. The lowest BCUT2D eigenvalue weighted by Crippen LogP contribution is -1.91. The van der Waals surface area contributed by atoms with Crippen LogP contribution in [0.1, 0.15) is 0 Å². The molecule has 0 aliphatic carbocycles. The normalized spacial score (nSPS) is 10.4. The van der Waals surface area contributed by atoms with Crippen LogP contribution in [0.2, 0.25) is 10.0 Å². The monoisotopic (exact) mass is 255 g/mol. The molecule has 0 radical (unpaired) electrons. The van der Waals surface area contributed by atoms with Gasteiger partial charge in [0.1, 0.15) is 5.82 Å². The highest BCUT2D eigenvalue weighted by Gasteiger charge is 2.08. The molecule has 2 aromatic carbocycles. The predicted octanol–water partition coefficient (Wildman–Crippen LogP) is 4.38. The molecular weight excluding hydrogens is 248 g/mol. The first kappa shape index (κ1) is 11.2. The van der Waals surface area contributed by atoms with Crippen molar-refractivity contribution < 1.29 is 4.39 Å². The number of hydrogen-bond acceptors (Lipinski definition) is 1. The van der Waals surface area contributed by atoms with E-state index >= 15 is 0 Å². The van der Waals surface area contributed by atoms with Crippen molar-refractivity contribution in [1.29, 1.82) is 0 Å². The molecule has 0 aromatic heterocycles. The van der Waals surface area contributed by atoms with Crippen molar-refractivity contribution in [3.63, 3.8) is 0 Å². The largest absolute Gasteiger partial charge is 0.397 e. The van der Waals surface area contributed by atoms with Gasteiger partial charge in [-0.15, -0.1) is 0 Å². The number of hydrogen-bond donors (Lipinski definition) is 1. The smallest absolute Gasteiger partial charge is 0.133 e. The summed E-state index contributed by atoms with van der Waals surface area (Å²) in [6.07, 6.45) is 0. The molecule has 2 rings (SSSR count). The molecule has 0 aliphatic rings. The number of rotatable bonds is 1. The zero-order valence-electron chi connectivity index (χ0n) is 8.18. The highest BCUT2D eigenvalue weighted by molar-refractivity contribution is 6.33. The van der Waals surface area contributed by atoms with Crippen LogP contribution in [0.25, 0.3) is 11.1 Å². The van der Waals surface area contributed by atoms with Gasteiger partial charge in [0, 0.05) is 10.6 Å². The molecule has 82 valence electrons. The molecule has 1 nitrogen and oxygen atoms in total. The molecule has 0 saturated carbocycles. The Morgan fingerprint density at radius 2 is 1.62 bits per heavy atom. The second-order valence-corrected chi connectivity index (χ2v) is 4.20. The van der Waals surface area contributed by atoms with Crippen molar-refractivity contribution in [3.05, 3.63) is 52.3 Å². The molecule has 0 saturated heterocycles. The summed E-state index contributed by atoms with van der Waals surface area (Å²) in [5, 5.41) is 0.942. The fourth-order valence-electron chi connectivity index (χ4n) is 1.41. The van der Waals surface area contributed by atoms with Crippen LogP contribution in [0.3, 0.4) is 0 Å². The van der Waals surface area contributed by atoms with E-state index in [-0.39, 0.29) is 5.69 Å². The van der Waals surface area contributed by atoms with E-state index in [1.54, 1.807) is 24.3 Å². The minimum absolute atomic E-state index is 0.233. The molecule has 0 unspecified atom stereocenters. The maximum absolute atomic E-state index is 13.6. The molecule has 0 aliphatic heterocycles. The van der Waals surface area contributed by atoms with E-state index in [0.29, 0.717) is 21.2 Å². The molecule has 2 aromatic rings. The van der Waals surface area contributed by atoms with Crippen molar-refractivity contribution in [1.82, 2.24) is 0 Å².